The van der Waals surface area contributed by atoms with Gasteiger partial charge in [-0.2, -0.15) is 0 Å². The van der Waals surface area contributed by atoms with Gasteiger partial charge in [-0.3, -0.25) is 4.99 Å². The summed E-state index contributed by atoms with van der Waals surface area (Å²) in [7, 11) is 1.74. The highest BCUT2D eigenvalue weighted by Crippen LogP contribution is 2.33. The fraction of sp³-hybridized carbons (Fsp3) is 0.929. The first-order valence-electron chi connectivity index (χ1n) is 7.39. The summed E-state index contributed by atoms with van der Waals surface area (Å²) in [6.45, 7) is 9.32. The average molecular weight is 268 g/mol. The average Bonchev–Trinajstić information content (AvgIpc) is 2.57. The van der Waals surface area contributed by atoms with E-state index < -0.39 is 0 Å². The summed E-state index contributed by atoms with van der Waals surface area (Å²) in [5, 5.41) is 0. The summed E-state index contributed by atoms with van der Waals surface area (Å²) in [6.07, 6.45) is 3.56. The van der Waals surface area contributed by atoms with Crippen LogP contribution in [0.25, 0.3) is 0 Å². The highest BCUT2D eigenvalue weighted by molar-refractivity contribution is 5.81. The molecule has 5 heteroatoms. The Hall–Kier alpha value is -0.810. The number of likely N-dealkylation sites (tertiary alicyclic amines) is 1. The minimum Gasteiger partial charge on any atom is -0.383 e. The Morgan fingerprint density at radius 1 is 1.37 bits per heavy atom. The summed E-state index contributed by atoms with van der Waals surface area (Å²) in [6, 6.07) is 0.627. The molecule has 2 aliphatic rings. The van der Waals surface area contributed by atoms with Crippen molar-refractivity contribution in [3.05, 3.63) is 0 Å². The lowest BCUT2D eigenvalue weighted by Crippen LogP contribution is -2.53. The second-order valence-corrected chi connectivity index (χ2v) is 6.03. The predicted molar refractivity (Wildman–Crippen MR) is 78.4 cm³/mol. The van der Waals surface area contributed by atoms with Gasteiger partial charge >= 0.3 is 0 Å². The third kappa shape index (κ3) is 3.03. The first-order chi connectivity index (χ1) is 9.09. The van der Waals surface area contributed by atoms with Crippen LogP contribution in [0.2, 0.25) is 0 Å². The van der Waals surface area contributed by atoms with Gasteiger partial charge in [-0.05, 0) is 39.7 Å². The monoisotopic (exact) mass is 268 g/mol. The van der Waals surface area contributed by atoms with Crippen LogP contribution >= 0.6 is 0 Å². The molecule has 0 radical (unpaired) electrons. The molecule has 0 aromatic carbocycles. The van der Waals surface area contributed by atoms with Crippen molar-refractivity contribution in [2.24, 2.45) is 10.7 Å². The molecule has 1 saturated heterocycles. The SMILES string of the molecule is COCCN1C(N)=NCC12CCCN(C(C)C)CC2. The van der Waals surface area contributed by atoms with E-state index in [1.165, 1.54) is 19.4 Å². The Bertz CT molecular complexity index is 331. The number of rotatable bonds is 4. The molecule has 5 nitrogen and oxygen atoms in total. The molecule has 0 bridgehead atoms. The predicted octanol–water partition coefficient (Wildman–Crippen LogP) is 0.896. The summed E-state index contributed by atoms with van der Waals surface area (Å²) in [5.41, 5.74) is 6.22. The molecule has 0 aliphatic carbocycles. The van der Waals surface area contributed by atoms with E-state index in [-0.39, 0.29) is 5.54 Å². The van der Waals surface area contributed by atoms with E-state index in [2.05, 4.69) is 28.6 Å². The number of ether oxygens (including phenoxy) is 1. The molecule has 1 fully saturated rings. The van der Waals surface area contributed by atoms with Crippen molar-refractivity contribution in [2.45, 2.75) is 44.7 Å². The number of nitrogens with two attached hydrogens (primary N) is 1. The lowest BCUT2D eigenvalue weighted by atomic mass is 9.89. The molecule has 0 aromatic rings. The second-order valence-electron chi connectivity index (χ2n) is 6.03. The Morgan fingerprint density at radius 3 is 2.84 bits per heavy atom. The van der Waals surface area contributed by atoms with Gasteiger partial charge in [0.05, 0.1) is 18.7 Å². The first-order valence-corrected chi connectivity index (χ1v) is 7.39. The normalized spacial score (nSPS) is 29.1. The molecule has 110 valence electrons. The molecule has 2 N–H and O–H groups in total. The van der Waals surface area contributed by atoms with Crippen LogP contribution in [0.1, 0.15) is 33.1 Å². The summed E-state index contributed by atoms with van der Waals surface area (Å²) in [4.78, 5) is 9.36. The van der Waals surface area contributed by atoms with E-state index in [4.69, 9.17) is 10.5 Å². The highest BCUT2D eigenvalue weighted by Gasteiger charge is 2.42. The highest BCUT2D eigenvalue weighted by atomic mass is 16.5. The number of hydrogen-bond acceptors (Lipinski definition) is 5. The lowest BCUT2D eigenvalue weighted by molar-refractivity contribution is 0.116. The minimum absolute atomic E-state index is 0.145. The van der Waals surface area contributed by atoms with E-state index in [0.29, 0.717) is 18.6 Å². The number of guanidine groups is 1. The molecule has 2 heterocycles. The Kier molecular flexibility index (Phi) is 4.68. The fourth-order valence-corrected chi connectivity index (χ4v) is 3.32. The minimum atomic E-state index is 0.145. The van der Waals surface area contributed by atoms with Crippen LogP contribution in [0.15, 0.2) is 4.99 Å². The van der Waals surface area contributed by atoms with E-state index in [1.807, 2.05) is 0 Å². The third-order valence-electron chi connectivity index (χ3n) is 4.59. The number of aliphatic imine (C=N–C) groups is 1. The van der Waals surface area contributed by atoms with Crippen molar-refractivity contribution in [3.63, 3.8) is 0 Å². The van der Waals surface area contributed by atoms with Crippen molar-refractivity contribution in [1.29, 1.82) is 0 Å². The van der Waals surface area contributed by atoms with Crippen LogP contribution in [0.4, 0.5) is 0 Å². The zero-order valence-corrected chi connectivity index (χ0v) is 12.6. The van der Waals surface area contributed by atoms with E-state index in [1.54, 1.807) is 7.11 Å². The van der Waals surface area contributed by atoms with Crippen LogP contribution < -0.4 is 5.73 Å². The standard InChI is InChI=1S/C14H28N4O/c1-12(2)17-7-4-5-14(6-8-17)11-16-13(15)18(14)9-10-19-3/h12H,4-11H2,1-3H3,(H2,15,16). The zero-order valence-electron chi connectivity index (χ0n) is 12.6. The maximum absolute atomic E-state index is 6.08. The Morgan fingerprint density at radius 2 is 2.16 bits per heavy atom. The molecular formula is C14H28N4O. The van der Waals surface area contributed by atoms with Crippen LogP contribution in [-0.2, 0) is 4.74 Å². The molecule has 1 atom stereocenters. The molecule has 2 aliphatic heterocycles. The van der Waals surface area contributed by atoms with Crippen molar-refractivity contribution >= 4 is 5.96 Å². The maximum Gasteiger partial charge on any atom is 0.191 e. The van der Waals surface area contributed by atoms with Gasteiger partial charge in [0.15, 0.2) is 5.96 Å². The van der Waals surface area contributed by atoms with Gasteiger partial charge < -0.3 is 20.3 Å². The van der Waals surface area contributed by atoms with Crippen LogP contribution in [-0.4, -0.2) is 67.2 Å². The number of hydrogen-bond donors (Lipinski definition) is 1. The van der Waals surface area contributed by atoms with Gasteiger partial charge in [0.2, 0.25) is 0 Å². The van der Waals surface area contributed by atoms with Crippen molar-refractivity contribution < 1.29 is 4.74 Å². The zero-order chi connectivity index (χ0) is 13.9. The van der Waals surface area contributed by atoms with Gasteiger partial charge in [-0.15, -0.1) is 0 Å². The molecule has 19 heavy (non-hydrogen) atoms. The fourth-order valence-electron chi connectivity index (χ4n) is 3.32. The van der Waals surface area contributed by atoms with E-state index >= 15 is 0 Å². The summed E-state index contributed by atoms with van der Waals surface area (Å²) >= 11 is 0. The van der Waals surface area contributed by atoms with E-state index in [0.717, 1.165) is 26.1 Å². The first kappa shape index (κ1) is 14.6. The molecule has 1 unspecified atom stereocenters. The molecular weight excluding hydrogens is 240 g/mol. The smallest absolute Gasteiger partial charge is 0.191 e. The summed E-state index contributed by atoms with van der Waals surface area (Å²) in [5.74, 6) is 0.704. The number of nitrogens with zero attached hydrogens (tertiary/aromatic N) is 3. The van der Waals surface area contributed by atoms with Crippen LogP contribution in [0, 0.1) is 0 Å². The number of methoxy groups -OCH3 is 1. The van der Waals surface area contributed by atoms with Crippen LogP contribution in [0.5, 0.6) is 0 Å². The van der Waals surface area contributed by atoms with Gasteiger partial charge in [-0.1, -0.05) is 0 Å². The van der Waals surface area contributed by atoms with Gasteiger partial charge in [0.25, 0.3) is 0 Å². The second kappa shape index (κ2) is 6.09. The van der Waals surface area contributed by atoms with Gasteiger partial charge in [0, 0.05) is 26.2 Å². The van der Waals surface area contributed by atoms with Gasteiger partial charge in [-0.25, -0.2) is 0 Å². The van der Waals surface area contributed by atoms with Crippen molar-refractivity contribution in [3.8, 4) is 0 Å². The quantitative estimate of drug-likeness (QED) is 0.823. The lowest BCUT2D eigenvalue weighted by Gasteiger charge is -2.39. The molecule has 2 rings (SSSR count). The molecule has 0 aromatic heterocycles. The maximum atomic E-state index is 6.08. The molecule has 0 amide bonds. The Balaban J connectivity index is 2.05. The third-order valence-corrected chi connectivity index (χ3v) is 4.59. The molecule has 1 spiro atoms. The van der Waals surface area contributed by atoms with E-state index in [9.17, 15) is 0 Å². The molecule has 0 saturated carbocycles. The van der Waals surface area contributed by atoms with Gasteiger partial charge in [0.1, 0.15) is 0 Å². The van der Waals surface area contributed by atoms with Crippen molar-refractivity contribution in [2.75, 3.05) is 39.9 Å². The Labute approximate surface area is 116 Å². The topological polar surface area (TPSA) is 54.1 Å². The summed E-state index contributed by atoms with van der Waals surface area (Å²) < 4.78 is 5.21. The largest absolute Gasteiger partial charge is 0.383 e. The van der Waals surface area contributed by atoms with Crippen molar-refractivity contribution in [1.82, 2.24) is 9.80 Å². The van der Waals surface area contributed by atoms with Crippen LogP contribution in [0.3, 0.4) is 0 Å².